The molecule has 1 heterocycles. The van der Waals surface area contributed by atoms with Crippen LogP contribution in [0.15, 0.2) is 24.3 Å². The van der Waals surface area contributed by atoms with E-state index >= 15 is 0 Å². The van der Waals surface area contributed by atoms with Crippen molar-refractivity contribution >= 4 is 11.8 Å². The van der Waals surface area contributed by atoms with Gasteiger partial charge in [-0.3, -0.25) is 0 Å². The van der Waals surface area contributed by atoms with Gasteiger partial charge in [-0.25, -0.2) is 14.8 Å². The molecule has 24 heavy (non-hydrogen) atoms. The second kappa shape index (κ2) is 7.63. The van der Waals surface area contributed by atoms with Gasteiger partial charge in [0.25, 0.3) is 0 Å². The first kappa shape index (κ1) is 17.5. The monoisotopic (exact) mass is 331 g/mol. The van der Waals surface area contributed by atoms with Crippen molar-refractivity contribution in [2.45, 2.75) is 13.5 Å². The van der Waals surface area contributed by atoms with E-state index in [0.717, 1.165) is 5.56 Å². The first-order valence-corrected chi connectivity index (χ1v) is 7.34. The fourth-order valence-corrected chi connectivity index (χ4v) is 2.26. The highest BCUT2D eigenvalue weighted by molar-refractivity contribution is 5.85. The molecule has 0 aliphatic carbocycles. The van der Waals surface area contributed by atoms with Gasteiger partial charge in [-0.05, 0) is 24.6 Å². The fraction of sp³-hybridized carbons (Fsp3) is 0.353. The average molecular weight is 331 g/mol. The molecule has 2 aromatic rings. The van der Waals surface area contributed by atoms with E-state index in [1.54, 1.807) is 14.2 Å². The van der Waals surface area contributed by atoms with Crippen molar-refractivity contribution in [1.29, 1.82) is 0 Å². The second-order valence-electron chi connectivity index (χ2n) is 5.23. The van der Waals surface area contributed by atoms with E-state index in [1.165, 1.54) is 7.11 Å². The maximum absolute atomic E-state index is 11.7. The van der Waals surface area contributed by atoms with Gasteiger partial charge < -0.3 is 19.1 Å². The molecule has 0 saturated carbocycles. The van der Waals surface area contributed by atoms with Gasteiger partial charge in [-0.2, -0.15) is 0 Å². The number of hydrogen-bond acceptors (Lipinski definition) is 7. The van der Waals surface area contributed by atoms with Crippen LogP contribution in [0, 0.1) is 6.92 Å². The van der Waals surface area contributed by atoms with Crippen LogP contribution < -0.4 is 14.4 Å². The summed E-state index contributed by atoms with van der Waals surface area (Å²) in [6, 6.07) is 7.53. The maximum atomic E-state index is 11.7. The summed E-state index contributed by atoms with van der Waals surface area (Å²) >= 11 is 0. The van der Waals surface area contributed by atoms with Crippen molar-refractivity contribution in [3.8, 4) is 11.5 Å². The van der Waals surface area contributed by atoms with E-state index in [9.17, 15) is 4.79 Å². The minimum atomic E-state index is -0.556. The molecule has 7 heteroatoms. The fourth-order valence-electron chi connectivity index (χ4n) is 2.26. The third kappa shape index (κ3) is 3.92. The molecule has 0 bridgehead atoms. The summed E-state index contributed by atoms with van der Waals surface area (Å²) in [4.78, 5) is 21.9. The summed E-state index contributed by atoms with van der Waals surface area (Å²) in [5, 5.41) is 0. The molecule has 1 aromatic heterocycles. The number of ether oxygens (including phenoxy) is 3. The molecule has 0 amide bonds. The lowest BCUT2D eigenvalue weighted by Gasteiger charge is -2.20. The lowest BCUT2D eigenvalue weighted by molar-refractivity contribution is 0.0586. The van der Waals surface area contributed by atoms with Crippen LogP contribution in [0.25, 0.3) is 0 Å². The zero-order valence-electron chi connectivity index (χ0n) is 14.5. The van der Waals surface area contributed by atoms with Crippen LogP contribution in [-0.4, -0.2) is 44.3 Å². The Labute approximate surface area is 141 Å². The zero-order valence-corrected chi connectivity index (χ0v) is 14.5. The number of methoxy groups -OCH3 is 3. The largest absolute Gasteiger partial charge is 0.493 e. The maximum Gasteiger partial charge on any atom is 0.376 e. The van der Waals surface area contributed by atoms with Gasteiger partial charge in [-0.1, -0.05) is 6.07 Å². The number of aromatic nitrogens is 2. The Morgan fingerprint density at radius 2 is 1.79 bits per heavy atom. The molecule has 2 rings (SSSR count). The zero-order chi connectivity index (χ0) is 17.7. The number of aryl methyl sites for hydroxylation is 1. The number of carbonyl (C=O) groups is 1. The van der Waals surface area contributed by atoms with Crippen molar-refractivity contribution in [2.24, 2.45) is 0 Å². The highest BCUT2D eigenvalue weighted by Gasteiger charge is 2.14. The SMILES string of the molecule is COC(=O)c1nc(C)cc(N(C)Cc2ccc(OC)c(OC)c2)n1. The van der Waals surface area contributed by atoms with Crippen LogP contribution in [0.4, 0.5) is 5.82 Å². The average Bonchev–Trinajstić information content (AvgIpc) is 2.60. The van der Waals surface area contributed by atoms with Crippen LogP contribution in [-0.2, 0) is 11.3 Å². The van der Waals surface area contributed by atoms with Crippen molar-refractivity contribution in [3.63, 3.8) is 0 Å². The van der Waals surface area contributed by atoms with Gasteiger partial charge in [0.05, 0.1) is 21.3 Å². The molecule has 0 fully saturated rings. The van der Waals surface area contributed by atoms with Gasteiger partial charge in [0.1, 0.15) is 5.82 Å². The first-order chi connectivity index (χ1) is 11.5. The summed E-state index contributed by atoms with van der Waals surface area (Å²) in [6.07, 6.45) is 0. The van der Waals surface area contributed by atoms with Crippen LogP contribution in [0.3, 0.4) is 0 Å². The third-order valence-corrected chi connectivity index (χ3v) is 3.47. The number of esters is 1. The summed E-state index contributed by atoms with van der Waals surface area (Å²) in [7, 11) is 6.39. The number of nitrogens with zero attached hydrogens (tertiary/aromatic N) is 3. The van der Waals surface area contributed by atoms with Crippen molar-refractivity contribution in [3.05, 3.63) is 41.3 Å². The number of hydrogen-bond donors (Lipinski definition) is 0. The lowest BCUT2D eigenvalue weighted by atomic mass is 10.2. The molecular weight excluding hydrogens is 310 g/mol. The molecule has 1 aromatic carbocycles. The van der Waals surface area contributed by atoms with E-state index in [-0.39, 0.29) is 5.82 Å². The summed E-state index contributed by atoms with van der Waals surface area (Å²) in [6.45, 7) is 2.39. The van der Waals surface area contributed by atoms with Crippen molar-refractivity contribution in [2.75, 3.05) is 33.3 Å². The number of carbonyl (C=O) groups excluding carboxylic acids is 1. The van der Waals surface area contributed by atoms with E-state index in [0.29, 0.717) is 29.6 Å². The summed E-state index contributed by atoms with van der Waals surface area (Å²) in [5.74, 6) is 1.47. The highest BCUT2D eigenvalue weighted by Crippen LogP contribution is 2.28. The topological polar surface area (TPSA) is 73.8 Å². The van der Waals surface area contributed by atoms with Crippen LogP contribution in [0.5, 0.6) is 11.5 Å². The predicted octanol–water partition coefficient (Wildman–Crippen LogP) is 2.23. The molecule has 0 aliphatic rings. The van der Waals surface area contributed by atoms with Gasteiger partial charge in [-0.15, -0.1) is 0 Å². The minimum absolute atomic E-state index is 0.0478. The van der Waals surface area contributed by atoms with Crippen LogP contribution >= 0.6 is 0 Å². The molecular formula is C17H21N3O4. The molecule has 0 radical (unpaired) electrons. The first-order valence-electron chi connectivity index (χ1n) is 7.34. The van der Waals surface area contributed by atoms with Gasteiger partial charge in [0, 0.05) is 25.4 Å². The van der Waals surface area contributed by atoms with Gasteiger partial charge >= 0.3 is 5.97 Å². The van der Waals surface area contributed by atoms with Gasteiger partial charge in [0.15, 0.2) is 11.5 Å². The second-order valence-corrected chi connectivity index (χ2v) is 5.23. The number of benzene rings is 1. The molecule has 0 N–H and O–H groups in total. The molecule has 0 aliphatic heterocycles. The third-order valence-electron chi connectivity index (χ3n) is 3.47. The molecule has 0 unspecified atom stereocenters. The Bertz CT molecular complexity index is 734. The van der Waals surface area contributed by atoms with Crippen molar-refractivity contribution in [1.82, 2.24) is 9.97 Å². The molecule has 128 valence electrons. The Morgan fingerprint density at radius 3 is 2.42 bits per heavy atom. The molecule has 0 spiro atoms. The van der Waals surface area contributed by atoms with E-state index < -0.39 is 5.97 Å². The predicted molar refractivity (Wildman–Crippen MR) is 89.8 cm³/mol. The van der Waals surface area contributed by atoms with Crippen molar-refractivity contribution < 1.29 is 19.0 Å². The molecule has 7 nitrogen and oxygen atoms in total. The Morgan fingerprint density at radius 1 is 1.08 bits per heavy atom. The summed E-state index contributed by atoms with van der Waals surface area (Å²) in [5.41, 5.74) is 1.71. The molecule has 0 saturated heterocycles. The lowest BCUT2D eigenvalue weighted by Crippen LogP contribution is -2.20. The highest BCUT2D eigenvalue weighted by atomic mass is 16.5. The Hall–Kier alpha value is -2.83. The minimum Gasteiger partial charge on any atom is -0.493 e. The van der Waals surface area contributed by atoms with Crippen LogP contribution in [0.2, 0.25) is 0 Å². The summed E-state index contributed by atoms with van der Waals surface area (Å²) < 4.78 is 15.2. The van der Waals surface area contributed by atoms with Gasteiger partial charge in [0.2, 0.25) is 5.82 Å². The standard InChI is InChI=1S/C17H21N3O4/c1-11-8-15(19-16(18-11)17(21)24-5)20(2)10-12-6-7-13(22-3)14(9-12)23-4/h6-9H,10H2,1-5H3. The normalized spacial score (nSPS) is 10.2. The number of rotatable bonds is 6. The van der Waals surface area contributed by atoms with E-state index in [2.05, 4.69) is 14.7 Å². The Kier molecular flexibility index (Phi) is 5.57. The van der Waals surface area contributed by atoms with E-state index in [4.69, 9.17) is 9.47 Å². The van der Waals surface area contributed by atoms with Crippen LogP contribution in [0.1, 0.15) is 21.9 Å². The Balaban J connectivity index is 2.25. The van der Waals surface area contributed by atoms with E-state index in [1.807, 2.05) is 43.1 Å². The number of anilines is 1. The molecule has 0 atom stereocenters. The quantitative estimate of drug-likeness (QED) is 0.751. The smallest absolute Gasteiger partial charge is 0.376 e.